The van der Waals surface area contributed by atoms with Crippen molar-refractivity contribution >= 4 is 63.1 Å². The maximum absolute atomic E-state index is 13.2. The topological polar surface area (TPSA) is 96.5 Å². The van der Waals surface area contributed by atoms with E-state index in [-0.39, 0.29) is 16.5 Å². The van der Waals surface area contributed by atoms with Crippen molar-refractivity contribution in [1.29, 1.82) is 0 Å². The summed E-state index contributed by atoms with van der Waals surface area (Å²) in [6.45, 7) is 0. The van der Waals surface area contributed by atoms with Crippen molar-refractivity contribution in [3.63, 3.8) is 0 Å². The Morgan fingerprint density at radius 2 is 1.91 bits per heavy atom. The first-order valence-corrected chi connectivity index (χ1v) is 12.8. The van der Waals surface area contributed by atoms with E-state index in [0.717, 1.165) is 5.56 Å². The quantitative estimate of drug-likeness (QED) is 0.161. The lowest BCUT2D eigenvalue weighted by atomic mass is 9.95. The highest BCUT2D eigenvalue weighted by molar-refractivity contribution is 8.00. The number of Topliss-reactive ketones (excluding diaryl/α,β-unsaturated/α-hetero) is 1. The van der Waals surface area contributed by atoms with Crippen LogP contribution in [0.2, 0.25) is 10.0 Å². The van der Waals surface area contributed by atoms with Crippen molar-refractivity contribution in [1.82, 2.24) is 10.2 Å². The second kappa shape index (κ2) is 9.87. The molecule has 0 aliphatic carbocycles. The summed E-state index contributed by atoms with van der Waals surface area (Å²) in [6.07, 6.45) is 1.36. The van der Waals surface area contributed by atoms with Gasteiger partial charge in [0, 0.05) is 15.8 Å². The number of amides is 1. The monoisotopic (exact) mass is 543 g/mol. The number of ketones is 1. The summed E-state index contributed by atoms with van der Waals surface area (Å²) in [5.41, 5.74) is 1.44. The summed E-state index contributed by atoms with van der Waals surface area (Å²) >= 11 is 14.8. The van der Waals surface area contributed by atoms with E-state index < -0.39 is 23.5 Å². The highest BCUT2D eigenvalue weighted by atomic mass is 35.5. The number of aliphatic hydroxyl groups is 1. The normalized spacial score (nSPS) is 15.8. The molecule has 1 amide bonds. The molecule has 0 radical (unpaired) electrons. The van der Waals surface area contributed by atoms with Crippen LogP contribution in [0.3, 0.4) is 0 Å². The number of carbonyl (C=O) groups is 2. The summed E-state index contributed by atoms with van der Waals surface area (Å²) in [6, 6.07) is 16.4. The zero-order chi connectivity index (χ0) is 24.5. The van der Waals surface area contributed by atoms with Crippen LogP contribution in [0.5, 0.6) is 0 Å². The lowest BCUT2D eigenvalue weighted by Crippen LogP contribution is -2.31. The molecule has 4 aromatic rings. The molecule has 176 valence electrons. The number of rotatable bonds is 7. The number of thioether (sulfide) groups is 1. The van der Waals surface area contributed by atoms with E-state index in [1.807, 2.05) is 12.1 Å². The number of nitrogens with zero attached hydrogens (tertiary/aromatic N) is 3. The lowest BCUT2D eigenvalue weighted by Gasteiger charge is -2.23. The van der Waals surface area contributed by atoms with Crippen LogP contribution in [-0.2, 0) is 10.5 Å². The minimum absolute atomic E-state index is 0.0236. The van der Waals surface area contributed by atoms with Crippen LogP contribution >= 0.6 is 46.3 Å². The van der Waals surface area contributed by atoms with Crippen LogP contribution in [-0.4, -0.2) is 27.0 Å². The number of furan rings is 1. The molecule has 0 bridgehead atoms. The van der Waals surface area contributed by atoms with Gasteiger partial charge in [-0.1, -0.05) is 82.7 Å². The van der Waals surface area contributed by atoms with E-state index in [0.29, 0.717) is 25.7 Å². The number of benzene rings is 2. The molecule has 1 aliphatic heterocycles. The number of aromatic nitrogens is 2. The van der Waals surface area contributed by atoms with Gasteiger partial charge in [0.2, 0.25) is 10.9 Å². The van der Waals surface area contributed by atoms with Gasteiger partial charge in [-0.2, -0.15) is 0 Å². The van der Waals surface area contributed by atoms with E-state index in [2.05, 4.69) is 10.2 Å². The third-order valence-corrected chi connectivity index (χ3v) is 7.97. The van der Waals surface area contributed by atoms with Crippen molar-refractivity contribution in [3.8, 4) is 0 Å². The molecule has 2 aromatic heterocycles. The van der Waals surface area contributed by atoms with Crippen molar-refractivity contribution in [3.05, 3.63) is 105 Å². The molecule has 0 saturated heterocycles. The fourth-order valence-electron chi connectivity index (χ4n) is 3.66. The smallest absolute Gasteiger partial charge is 0.296 e. The molecular weight excluding hydrogens is 529 g/mol. The van der Waals surface area contributed by atoms with Crippen LogP contribution in [0.15, 0.2) is 87.0 Å². The number of carbonyl (C=O) groups excluding carboxylic acids is 2. The summed E-state index contributed by atoms with van der Waals surface area (Å²) in [5, 5.41) is 20.5. The molecule has 35 heavy (non-hydrogen) atoms. The zero-order valence-electron chi connectivity index (χ0n) is 17.7. The molecular formula is C24H15Cl2N3O4S2. The number of hydrogen-bond donors (Lipinski definition) is 1. The zero-order valence-corrected chi connectivity index (χ0v) is 20.9. The summed E-state index contributed by atoms with van der Waals surface area (Å²) < 4.78 is 5.83. The van der Waals surface area contributed by atoms with Gasteiger partial charge in [0.15, 0.2) is 15.9 Å². The highest BCUT2D eigenvalue weighted by Crippen LogP contribution is 2.44. The minimum atomic E-state index is -0.891. The number of anilines is 1. The fraction of sp³-hybridized carbons (Fsp3) is 0.0833. The Hall–Kier alpha value is -3.11. The SMILES string of the molecule is O=C(C1=C(O)C(=O)N(c2nnc(SCc3ccc(Cl)cc3Cl)s2)C1c1ccccc1)c1ccco1. The Labute approximate surface area is 218 Å². The molecule has 7 nitrogen and oxygen atoms in total. The molecule has 11 heteroatoms. The predicted molar refractivity (Wildman–Crippen MR) is 135 cm³/mol. The van der Waals surface area contributed by atoms with Crippen molar-refractivity contribution < 1.29 is 19.1 Å². The lowest BCUT2D eigenvalue weighted by molar-refractivity contribution is -0.117. The molecule has 5 rings (SSSR count). The molecule has 1 atom stereocenters. The molecule has 0 spiro atoms. The standard InChI is InChI=1S/C24H15Cl2N3O4S2/c25-15-9-8-14(16(26)11-15)12-34-24-28-27-23(35-24)29-19(13-5-2-1-3-6-13)18(21(31)22(29)32)20(30)17-7-4-10-33-17/h1-11,19,31H,12H2. The highest BCUT2D eigenvalue weighted by Gasteiger charge is 2.46. The van der Waals surface area contributed by atoms with Gasteiger partial charge in [-0.15, -0.1) is 10.2 Å². The molecule has 0 saturated carbocycles. The molecule has 1 unspecified atom stereocenters. The maximum Gasteiger partial charge on any atom is 0.296 e. The second-order valence-corrected chi connectivity index (χ2v) is 10.5. The summed E-state index contributed by atoms with van der Waals surface area (Å²) in [4.78, 5) is 27.7. The van der Waals surface area contributed by atoms with Crippen LogP contribution in [0.4, 0.5) is 5.13 Å². The first-order chi connectivity index (χ1) is 16.9. The third kappa shape index (κ3) is 4.60. The van der Waals surface area contributed by atoms with E-state index in [4.69, 9.17) is 27.6 Å². The molecule has 1 N–H and O–H groups in total. The van der Waals surface area contributed by atoms with Gasteiger partial charge in [0.1, 0.15) is 0 Å². The van der Waals surface area contributed by atoms with Crippen LogP contribution < -0.4 is 4.90 Å². The van der Waals surface area contributed by atoms with Gasteiger partial charge >= 0.3 is 0 Å². The van der Waals surface area contributed by atoms with Crippen LogP contribution in [0.25, 0.3) is 0 Å². The van der Waals surface area contributed by atoms with E-state index in [9.17, 15) is 14.7 Å². The predicted octanol–water partition coefficient (Wildman–Crippen LogP) is 6.51. The summed E-state index contributed by atoms with van der Waals surface area (Å²) in [5.74, 6) is -1.41. The average molecular weight is 544 g/mol. The summed E-state index contributed by atoms with van der Waals surface area (Å²) in [7, 11) is 0. The Bertz CT molecular complexity index is 1440. The minimum Gasteiger partial charge on any atom is -0.503 e. The van der Waals surface area contributed by atoms with Gasteiger partial charge in [0.25, 0.3) is 5.91 Å². The van der Waals surface area contributed by atoms with E-state index in [1.165, 1.54) is 40.3 Å². The Kier molecular flexibility index (Phi) is 6.66. The Balaban J connectivity index is 1.46. The molecule has 0 fully saturated rings. The fourth-order valence-corrected chi connectivity index (χ4v) is 6.09. The van der Waals surface area contributed by atoms with Crippen molar-refractivity contribution in [2.45, 2.75) is 16.1 Å². The van der Waals surface area contributed by atoms with Crippen molar-refractivity contribution in [2.24, 2.45) is 0 Å². The number of halogens is 2. The van der Waals surface area contributed by atoms with Crippen LogP contribution in [0, 0.1) is 0 Å². The van der Waals surface area contributed by atoms with Crippen molar-refractivity contribution in [2.75, 3.05) is 4.90 Å². The van der Waals surface area contributed by atoms with Crippen LogP contribution in [0.1, 0.15) is 27.7 Å². The molecule has 2 aromatic carbocycles. The van der Waals surface area contributed by atoms with Gasteiger partial charge in [-0.3, -0.25) is 14.5 Å². The Morgan fingerprint density at radius 1 is 1.11 bits per heavy atom. The number of hydrogen-bond acceptors (Lipinski definition) is 8. The Morgan fingerprint density at radius 3 is 2.63 bits per heavy atom. The molecule has 3 heterocycles. The van der Waals surface area contributed by atoms with E-state index >= 15 is 0 Å². The second-order valence-electron chi connectivity index (χ2n) is 7.43. The number of aliphatic hydroxyl groups excluding tert-OH is 1. The largest absolute Gasteiger partial charge is 0.503 e. The van der Waals surface area contributed by atoms with Gasteiger partial charge in [-0.05, 0) is 35.4 Å². The average Bonchev–Trinajstić information content (AvgIpc) is 3.60. The molecule has 1 aliphatic rings. The first kappa shape index (κ1) is 23.6. The maximum atomic E-state index is 13.2. The first-order valence-electron chi connectivity index (χ1n) is 10.2. The van der Waals surface area contributed by atoms with Gasteiger partial charge < -0.3 is 9.52 Å². The van der Waals surface area contributed by atoms with E-state index in [1.54, 1.807) is 42.5 Å². The van der Waals surface area contributed by atoms with Gasteiger partial charge in [0.05, 0.1) is 17.9 Å². The third-order valence-electron chi connectivity index (χ3n) is 5.28. The van der Waals surface area contributed by atoms with Gasteiger partial charge in [-0.25, -0.2) is 0 Å².